The maximum Gasteiger partial charge on any atom is 0.187 e. The average Bonchev–Trinajstić information content (AvgIpc) is 3.47. The van der Waals surface area contributed by atoms with Gasteiger partial charge in [0.15, 0.2) is 44.0 Å². The van der Waals surface area contributed by atoms with Crippen molar-refractivity contribution in [2.45, 2.75) is 215 Å². The normalized spacial score (nSPS) is 55.4. The highest BCUT2D eigenvalue weighted by molar-refractivity contribution is 5.01. The van der Waals surface area contributed by atoms with Gasteiger partial charge in [-0.1, -0.05) is 0 Å². The number of ether oxygens (including phenoxy) is 14. The summed E-state index contributed by atoms with van der Waals surface area (Å²) < 4.78 is 79.5. The fourth-order valence-electron chi connectivity index (χ4n) is 10.4. The minimum atomic E-state index is -2.21. The molecule has 448 valence electrons. The van der Waals surface area contributed by atoms with Gasteiger partial charge in [0.05, 0.1) is 46.2 Å². The first kappa shape index (κ1) is 61.7. The van der Waals surface area contributed by atoms with E-state index >= 15 is 0 Å². The smallest absolute Gasteiger partial charge is 0.187 e. The molecule has 0 aromatic rings. The number of rotatable bonds is 7. The van der Waals surface area contributed by atoms with Gasteiger partial charge in [0.1, 0.15) is 171 Å². The third kappa shape index (κ3) is 12.1. The predicted molar refractivity (Wildman–Crippen MR) is 228 cm³/mol. The standard InChI is InChI=1S/C42H70O35/c43-1-8-29-15(50)22(57)36(64-8)72-30-9(2-44)66-38(24(59)17(30)52)74-32-11(4-46)68-40(26(61)19(32)54)76-34-13(6-48)70-42(28(63)21(34)56)77-35-14(7-49)69-41(27(62)20(35)55)75-33-12(5-47)67-39(25(60)18(33)53)73-31-10(3-45)65-37(71-29)23(58)16(31)51/h8-63H,1-7H2/t8?,9?,10?,11?,12?,13?,14?,15?,16?,17?,18?,19?,20?,21?,22-,23-,24-,25-,26-,27-,28-,29+,30+,31+,32+,33+,34+,35+,36+,37+,38+,39+,40+,41+,42+/m0/s1. The Morgan fingerprint density at radius 3 is 0.351 bits per heavy atom. The van der Waals surface area contributed by atoms with Crippen molar-refractivity contribution in [3.8, 4) is 0 Å². The van der Waals surface area contributed by atoms with E-state index in [0.29, 0.717) is 0 Å². The molecule has 77 heavy (non-hydrogen) atoms. The molecular weight excluding hydrogens is 1060 g/mol. The molecule has 14 unspecified atom stereocenters. The van der Waals surface area contributed by atoms with Crippen LogP contribution in [0.25, 0.3) is 0 Å². The van der Waals surface area contributed by atoms with Crippen molar-refractivity contribution < 1.29 is 174 Å². The van der Waals surface area contributed by atoms with Crippen molar-refractivity contribution in [3.05, 3.63) is 0 Å². The molecule has 21 saturated heterocycles. The quantitative estimate of drug-likeness (QED) is 0.113. The summed E-state index contributed by atoms with van der Waals surface area (Å²) in [7, 11) is 0. The minimum absolute atomic E-state index is 1.05. The van der Waals surface area contributed by atoms with Crippen LogP contribution < -0.4 is 0 Å². The van der Waals surface area contributed by atoms with Crippen LogP contribution in [0.5, 0.6) is 0 Å². The summed E-state index contributed by atoms with van der Waals surface area (Å²) in [6.07, 6.45) is -70.2. The first-order chi connectivity index (χ1) is 36.7. The lowest BCUT2D eigenvalue weighted by Gasteiger charge is -2.50. The van der Waals surface area contributed by atoms with Crippen molar-refractivity contribution in [1.29, 1.82) is 0 Å². The van der Waals surface area contributed by atoms with Crippen LogP contribution in [0.2, 0.25) is 0 Å². The molecule has 21 fully saturated rings. The van der Waals surface area contributed by atoms with Crippen LogP contribution >= 0.6 is 0 Å². The monoisotopic (exact) mass is 1130 g/mol. The molecule has 0 aromatic carbocycles. The van der Waals surface area contributed by atoms with Crippen LogP contribution in [0.15, 0.2) is 0 Å². The third-order valence-corrected chi connectivity index (χ3v) is 14.8. The lowest BCUT2D eigenvalue weighted by atomic mass is 9.95. The number of hydrogen-bond donors (Lipinski definition) is 21. The zero-order chi connectivity index (χ0) is 56.1. The molecule has 0 amide bonds. The summed E-state index contributed by atoms with van der Waals surface area (Å²) in [4.78, 5) is 0. The van der Waals surface area contributed by atoms with Crippen LogP contribution in [-0.4, -0.2) is 368 Å². The van der Waals surface area contributed by atoms with Gasteiger partial charge in [-0.15, -0.1) is 0 Å². The lowest BCUT2D eigenvalue weighted by Crippen LogP contribution is -2.68. The van der Waals surface area contributed by atoms with E-state index in [2.05, 4.69) is 0 Å². The molecule has 0 spiro atoms. The Morgan fingerprint density at radius 1 is 0.156 bits per heavy atom. The molecule has 21 N–H and O–H groups in total. The predicted octanol–water partition coefficient (Wildman–Crippen LogP) is -15.2. The highest BCUT2D eigenvalue weighted by atomic mass is 16.8. The second kappa shape index (κ2) is 26.0. The summed E-state index contributed by atoms with van der Waals surface area (Å²) >= 11 is 0. The zero-order valence-electron chi connectivity index (χ0n) is 40.3. The molecule has 14 bridgehead atoms. The van der Waals surface area contributed by atoms with E-state index in [-0.39, 0.29) is 0 Å². The van der Waals surface area contributed by atoms with Gasteiger partial charge in [0.2, 0.25) is 0 Å². The second-order valence-electron chi connectivity index (χ2n) is 19.7. The SMILES string of the molecule is OCC1O[C@@H]2O[C@@H]3C(CO)O[C@H](O[C@@H]4C(CO)O[C@H](O[C@@H]5C(CO)O[C@H](O[C@@H]6C(CO)O[C@H](O[C@@H]7C(CO)O[C@H](O[C@@H]8C(CO)O[C@H](O[C@H]1C(O)[C@@H]2O)[C@@H](O)C8O)[C@@H](O)C7O)[C@@H](O)C6O)[C@@H](O)C5O)[C@@H](O)C4O)[C@@H](O)C3O. The Hall–Kier alpha value is -1.40. The van der Waals surface area contributed by atoms with E-state index in [4.69, 9.17) is 66.3 Å². The molecule has 21 aliphatic rings. The topological polar surface area (TPSA) is 554 Å². The van der Waals surface area contributed by atoms with Gasteiger partial charge in [-0.25, -0.2) is 0 Å². The molecule has 0 saturated carbocycles. The van der Waals surface area contributed by atoms with Gasteiger partial charge < -0.3 is 174 Å². The highest BCUT2D eigenvalue weighted by Gasteiger charge is 2.59. The minimum Gasteiger partial charge on any atom is -0.394 e. The van der Waals surface area contributed by atoms with Crippen LogP contribution in [-0.2, 0) is 66.3 Å². The largest absolute Gasteiger partial charge is 0.394 e. The third-order valence-electron chi connectivity index (χ3n) is 14.8. The van der Waals surface area contributed by atoms with Gasteiger partial charge in [-0.3, -0.25) is 0 Å². The molecule has 21 heterocycles. The fourth-order valence-corrected chi connectivity index (χ4v) is 10.4. The number of hydrogen-bond acceptors (Lipinski definition) is 35. The molecule has 0 aliphatic carbocycles. The fraction of sp³-hybridized carbons (Fsp3) is 1.00. The van der Waals surface area contributed by atoms with Crippen molar-refractivity contribution in [1.82, 2.24) is 0 Å². The van der Waals surface area contributed by atoms with Gasteiger partial charge in [-0.2, -0.15) is 0 Å². The Balaban J connectivity index is 1.08. The van der Waals surface area contributed by atoms with E-state index in [0.717, 1.165) is 0 Å². The summed E-state index contributed by atoms with van der Waals surface area (Å²) in [6.45, 7) is -7.33. The maximum atomic E-state index is 11.3. The van der Waals surface area contributed by atoms with Crippen LogP contribution in [0.1, 0.15) is 0 Å². The first-order valence-corrected chi connectivity index (χ1v) is 24.6. The molecule has 0 aromatic heterocycles. The van der Waals surface area contributed by atoms with Crippen molar-refractivity contribution >= 4 is 0 Å². The molecule has 35 atom stereocenters. The van der Waals surface area contributed by atoms with Crippen molar-refractivity contribution in [3.63, 3.8) is 0 Å². The maximum absolute atomic E-state index is 11.3. The van der Waals surface area contributed by atoms with Crippen molar-refractivity contribution in [2.24, 2.45) is 0 Å². The lowest BCUT2D eigenvalue weighted by molar-refractivity contribution is -0.396. The molecule has 21 aliphatic heterocycles. The van der Waals surface area contributed by atoms with E-state index in [1.165, 1.54) is 0 Å². The van der Waals surface area contributed by atoms with E-state index in [1.807, 2.05) is 0 Å². The van der Waals surface area contributed by atoms with Crippen LogP contribution in [0.3, 0.4) is 0 Å². The first-order valence-electron chi connectivity index (χ1n) is 24.6. The van der Waals surface area contributed by atoms with E-state index < -0.39 is 261 Å². The zero-order valence-corrected chi connectivity index (χ0v) is 40.3. The summed E-state index contributed by atoms with van der Waals surface area (Å²) in [5.41, 5.74) is 0. The molecule has 0 radical (unpaired) electrons. The molecule has 35 nitrogen and oxygen atoms in total. The average molecular weight is 1130 g/mol. The summed E-state index contributed by atoms with van der Waals surface area (Å²) in [5.74, 6) is 0. The molecule has 21 rings (SSSR count). The van der Waals surface area contributed by atoms with Gasteiger partial charge >= 0.3 is 0 Å². The second-order valence-corrected chi connectivity index (χ2v) is 19.7. The summed E-state index contributed by atoms with van der Waals surface area (Å²) in [5, 5.41) is 230. The number of aliphatic hydroxyl groups is 21. The van der Waals surface area contributed by atoms with E-state index in [9.17, 15) is 107 Å². The van der Waals surface area contributed by atoms with Gasteiger partial charge in [-0.05, 0) is 0 Å². The highest BCUT2D eigenvalue weighted by Crippen LogP contribution is 2.39. The molecule has 35 heteroatoms. The van der Waals surface area contributed by atoms with Crippen LogP contribution in [0.4, 0.5) is 0 Å². The van der Waals surface area contributed by atoms with Crippen molar-refractivity contribution in [2.75, 3.05) is 46.2 Å². The summed E-state index contributed by atoms with van der Waals surface area (Å²) in [6, 6.07) is 0. The van der Waals surface area contributed by atoms with E-state index in [1.54, 1.807) is 0 Å². The molecular formula is C42H70O35. The van der Waals surface area contributed by atoms with Gasteiger partial charge in [0.25, 0.3) is 0 Å². The Morgan fingerprint density at radius 2 is 0.260 bits per heavy atom. The number of aliphatic hydroxyl groups excluding tert-OH is 21. The van der Waals surface area contributed by atoms with Gasteiger partial charge in [0, 0.05) is 0 Å². The Labute approximate surface area is 434 Å². The Bertz CT molecular complexity index is 1470. The Kier molecular flexibility index (Phi) is 20.8. The van der Waals surface area contributed by atoms with Crippen LogP contribution in [0, 0.1) is 0 Å².